The Kier molecular flexibility index (Phi) is 2.58. The first-order chi connectivity index (χ1) is 6.77. The van der Waals surface area contributed by atoms with Crippen LogP contribution in [0.25, 0.3) is 0 Å². The van der Waals surface area contributed by atoms with Crippen molar-refractivity contribution >= 4 is 5.82 Å². The van der Waals surface area contributed by atoms with Gasteiger partial charge in [-0.2, -0.15) is 0 Å². The van der Waals surface area contributed by atoms with E-state index in [1.54, 1.807) is 0 Å². The third kappa shape index (κ3) is 1.82. The van der Waals surface area contributed by atoms with Crippen molar-refractivity contribution in [1.29, 1.82) is 0 Å². The quantitative estimate of drug-likeness (QED) is 0.715. The molecule has 0 aliphatic carbocycles. The molecule has 1 aromatic rings. The second kappa shape index (κ2) is 3.88. The van der Waals surface area contributed by atoms with Gasteiger partial charge in [-0.25, -0.2) is 14.4 Å². The summed E-state index contributed by atoms with van der Waals surface area (Å²) in [5.41, 5.74) is 0. The van der Waals surface area contributed by atoms with Crippen LogP contribution in [0.15, 0.2) is 12.5 Å². The number of aliphatic hydroxyl groups is 1. The number of nitrogens with zero attached hydrogens (tertiary/aromatic N) is 3. The van der Waals surface area contributed by atoms with E-state index >= 15 is 0 Å². The SMILES string of the molecule is OC1CCN(c2ncncc2F)CC1. The number of rotatable bonds is 1. The number of hydrogen-bond acceptors (Lipinski definition) is 4. The highest BCUT2D eigenvalue weighted by Crippen LogP contribution is 2.19. The number of aromatic nitrogens is 2. The minimum atomic E-state index is -0.399. The van der Waals surface area contributed by atoms with Gasteiger partial charge in [0.05, 0.1) is 12.3 Å². The Balaban J connectivity index is 2.12. The lowest BCUT2D eigenvalue weighted by molar-refractivity contribution is 0.145. The van der Waals surface area contributed by atoms with Crippen molar-refractivity contribution in [1.82, 2.24) is 9.97 Å². The Labute approximate surface area is 81.4 Å². The molecule has 1 aliphatic heterocycles. The van der Waals surface area contributed by atoms with Gasteiger partial charge in [0.2, 0.25) is 0 Å². The number of hydrogen-bond donors (Lipinski definition) is 1. The van der Waals surface area contributed by atoms with Crippen LogP contribution < -0.4 is 4.90 Å². The first-order valence-corrected chi connectivity index (χ1v) is 4.66. The molecule has 0 saturated carbocycles. The number of anilines is 1. The van der Waals surface area contributed by atoms with Gasteiger partial charge in [0.1, 0.15) is 6.33 Å². The van der Waals surface area contributed by atoms with Crippen molar-refractivity contribution in [2.45, 2.75) is 18.9 Å². The van der Waals surface area contributed by atoms with Crippen LogP contribution >= 0.6 is 0 Å². The second-order valence-electron chi connectivity index (χ2n) is 3.41. The standard InChI is InChI=1S/C9H12FN3O/c10-8-5-11-6-12-9(8)13-3-1-7(14)2-4-13/h5-7,14H,1-4H2. The van der Waals surface area contributed by atoms with Crippen LogP contribution in [0.3, 0.4) is 0 Å². The van der Waals surface area contributed by atoms with Crippen molar-refractivity contribution in [2.75, 3.05) is 18.0 Å². The van der Waals surface area contributed by atoms with Crippen LogP contribution in [0.4, 0.5) is 10.2 Å². The smallest absolute Gasteiger partial charge is 0.183 e. The molecule has 0 amide bonds. The highest BCUT2D eigenvalue weighted by Gasteiger charge is 2.20. The van der Waals surface area contributed by atoms with E-state index in [1.165, 1.54) is 6.33 Å². The summed E-state index contributed by atoms with van der Waals surface area (Å²) in [5, 5.41) is 9.29. The lowest BCUT2D eigenvalue weighted by Gasteiger charge is -2.30. The monoisotopic (exact) mass is 197 g/mol. The van der Waals surface area contributed by atoms with E-state index in [2.05, 4.69) is 9.97 Å². The number of piperidine rings is 1. The highest BCUT2D eigenvalue weighted by molar-refractivity contribution is 5.38. The van der Waals surface area contributed by atoms with Crippen LogP contribution in [0, 0.1) is 5.82 Å². The molecule has 0 atom stereocenters. The normalized spacial score (nSPS) is 18.6. The van der Waals surface area contributed by atoms with Gasteiger partial charge in [-0.1, -0.05) is 0 Å². The fourth-order valence-corrected chi connectivity index (χ4v) is 1.62. The van der Waals surface area contributed by atoms with Crippen LogP contribution in [0.1, 0.15) is 12.8 Å². The zero-order chi connectivity index (χ0) is 9.97. The van der Waals surface area contributed by atoms with Crippen molar-refractivity contribution in [3.05, 3.63) is 18.3 Å². The molecular weight excluding hydrogens is 185 g/mol. The van der Waals surface area contributed by atoms with Gasteiger partial charge in [-0.3, -0.25) is 0 Å². The van der Waals surface area contributed by atoms with Gasteiger partial charge in [0, 0.05) is 13.1 Å². The Morgan fingerprint density at radius 2 is 2.14 bits per heavy atom. The lowest BCUT2D eigenvalue weighted by Crippen LogP contribution is -2.36. The van der Waals surface area contributed by atoms with Gasteiger partial charge in [0.15, 0.2) is 11.6 Å². The summed E-state index contributed by atoms with van der Waals surface area (Å²) in [5.74, 6) is -0.0595. The van der Waals surface area contributed by atoms with E-state index < -0.39 is 5.82 Å². The summed E-state index contributed by atoms with van der Waals surface area (Å²) < 4.78 is 13.2. The Morgan fingerprint density at radius 1 is 1.43 bits per heavy atom. The number of aliphatic hydroxyl groups excluding tert-OH is 1. The minimum absolute atomic E-state index is 0.254. The average Bonchev–Trinajstić information content (AvgIpc) is 2.20. The lowest BCUT2D eigenvalue weighted by atomic mass is 10.1. The molecule has 1 saturated heterocycles. The van der Waals surface area contributed by atoms with Crippen LogP contribution in [-0.4, -0.2) is 34.3 Å². The molecule has 1 fully saturated rings. The zero-order valence-corrected chi connectivity index (χ0v) is 7.73. The molecule has 0 radical (unpaired) electrons. The third-order valence-corrected chi connectivity index (χ3v) is 2.41. The van der Waals surface area contributed by atoms with Gasteiger partial charge in [0.25, 0.3) is 0 Å². The van der Waals surface area contributed by atoms with Crippen molar-refractivity contribution in [3.8, 4) is 0 Å². The van der Waals surface area contributed by atoms with Crippen molar-refractivity contribution in [2.24, 2.45) is 0 Å². The first-order valence-electron chi connectivity index (χ1n) is 4.66. The molecule has 2 rings (SSSR count). The summed E-state index contributed by atoms with van der Waals surface area (Å²) in [6, 6.07) is 0. The van der Waals surface area contributed by atoms with Crippen molar-refractivity contribution in [3.63, 3.8) is 0 Å². The summed E-state index contributed by atoms with van der Waals surface area (Å²) in [7, 11) is 0. The molecule has 2 heterocycles. The Bertz CT molecular complexity index is 313. The minimum Gasteiger partial charge on any atom is -0.393 e. The zero-order valence-electron chi connectivity index (χ0n) is 7.73. The maximum atomic E-state index is 13.2. The van der Waals surface area contributed by atoms with Gasteiger partial charge in [-0.15, -0.1) is 0 Å². The summed E-state index contributed by atoms with van der Waals surface area (Å²) in [4.78, 5) is 9.31. The maximum Gasteiger partial charge on any atom is 0.183 e. The third-order valence-electron chi connectivity index (χ3n) is 2.41. The molecule has 14 heavy (non-hydrogen) atoms. The molecule has 0 bridgehead atoms. The maximum absolute atomic E-state index is 13.2. The Morgan fingerprint density at radius 3 is 2.79 bits per heavy atom. The molecule has 4 nitrogen and oxygen atoms in total. The molecule has 0 spiro atoms. The van der Waals surface area contributed by atoms with E-state index in [0.717, 1.165) is 6.20 Å². The van der Waals surface area contributed by atoms with E-state index in [1.807, 2.05) is 4.90 Å². The first kappa shape index (κ1) is 9.33. The van der Waals surface area contributed by atoms with Crippen LogP contribution in [0.5, 0.6) is 0 Å². The molecule has 0 aromatic carbocycles. The average molecular weight is 197 g/mol. The predicted octanol–water partition coefficient (Wildman–Crippen LogP) is 0.577. The number of halogens is 1. The molecule has 0 unspecified atom stereocenters. The molecule has 1 aliphatic rings. The molecule has 76 valence electrons. The van der Waals surface area contributed by atoms with Crippen molar-refractivity contribution < 1.29 is 9.50 Å². The topological polar surface area (TPSA) is 49.2 Å². The summed E-state index contributed by atoms with van der Waals surface area (Å²) in [6.07, 6.45) is 3.58. The molecule has 5 heteroatoms. The van der Waals surface area contributed by atoms with E-state index in [0.29, 0.717) is 31.7 Å². The largest absolute Gasteiger partial charge is 0.393 e. The fraction of sp³-hybridized carbons (Fsp3) is 0.556. The van der Waals surface area contributed by atoms with Crippen LogP contribution in [-0.2, 0) is 0 Å². The van der Waals surface area contributed by atoms with Gasteiger partial charge < -0.3 is 10.0 Å². The molecule has 1 N–H and O–H groups in total. The molecular formula is C9H12FN3O. The van der Waals surface area contributed by atoms with E-state index in [9.17, 15) is 9.50 Å². The Hall–Kier alpha value is -1.23. The van der Waals surface area contributed by atoms with Gasteiger partial charge >= 0.3 is 0 Å². The summed E-state index contributed by atoms with van der Waals surface area (Å²) >= 11 is 0. The highest BCUT2D eigenvalue weighted by atomic mass is 19.1. The van der Waals surface area contributed by atoms with Crippen LogP contribution in [0.2, 0.25) is 0 Å². The van der Waals surface area contributed by atoms with Gasteiger partial charge in [-0.05, 0) is 12.8 Å². The van der Waals surface area contributed by atoms with E-state index in [4.69, 9.17) is 0 Å². The van der Waals surface area contributed by atoms with E-state index in [-0.39, 0.29) is 6.10 Å². The second-order valence-corrected chi connectivity index (χ2v) is 3.41. The summed E-state index contributed by atoms with van der Waals surface area (Å²) in [6.45, 7) is 1.30. The molecule has 1 aromatic heterocycles. The predicted molar refractivity (Wildman–Crippen MR) is 49.4 cm³/mol. The fourth-order valence-electron chi connectivity index (χ4n) is 1.62.